The highest BCUT2D eigenvalue weighted by Crippen LogP contribution is 2.23. The molecule has 0 atom stereocenters. The molecule has 8 heteroatoms. The van der Waals surface area contributed by atoms with Crippen molar-refractivity contribution in [3.05, 3.63) is 87.9 Å². The number of rotatable bonds is 5. The molecule has 0 aliphatic heterocycles. The second kappa shape index (κ2) is 7.66. The van der Waals surface area contributed by atoms with E-state index >= 15 is 0 Å². The second-order valence-electron chi connectivity index (χ2n) is 6.10. The van der Waals surface area contributed by atoms with Crippen LogP contribution in [-0.2, 0) is 13.7 Å². The zero-order valence-electron chi connectivity index (χ0n) is 15.0. The van der Waals surface area contributed by atoms with Crippen LogP contribution in [0.4, 0.5) is 0 Å². The Kier molecular flexibility index (Phi) is 4.90. The Morgan fingerprint density at radius 2 is 1.75 bits per heavy atom. The van der Waals surface area contributed by atoms with Gasteiger partial charge in [0.1, 0.15) is 23.2 Å². The number of ether oxygens (including phenoxy) is 1. The molecule has 2 aromatic heterocycles. The molecule has 0 bridgehead atoms. The topological polar surface area (TPSA) is 74.8 Å². The van der Waals surface area contributed by atoms with Gasteiger partial charge in [0, 0.05) is 12.6 Å². The molecule has 7 nitrogen and oxygen atoms in total. The van der Waals surface area contributed by atoms with Crippen LogP contribution < -0.4 is 10.4 Å². The lowest BCUT2D eigenvalue weighted by molar-refractivity contribution is 0.304. The minimum atomic E-state index is -0.338. The van der Waals surface area contributed by atoms with E-state index in [4.69, 9.17) is 16.3 Å². The maximum Gasteiger partial charge on any atom is 0.368 e. The third-order valence-corrected chi connectivity index (χ3v) is 4.38. The van der Waals surface area contributed by atoms with Crippen LogP contribution in [0.1, 0.15) is 5.56 Å². The minimum absolute atomic E-state index is 0.338. The molecule has 4 rings (SSSR count). The van der Waals surface area contributed by atoms with Crippen LogP contribution in [0.3, 0.4) is 0 Å². The number of aryl methyl sites for hydroxylation is 1. The first-order chi connectivity index (χ1) is 13.6. The molecule has 2 aromatic carbocycles. The standard InChI is InChI=1S/C20H16ClN5O2/c1-25-20(27)26(24-23-25)17-6-2-3-7-18(17)28-13-14-9-11-15(12-10-14)16-5-4-8-19(21)22-16/h2-12H,13H2,1H3. The lowest BCUT2D eigenvalue weighted by atomic mass is 10.1. The number of pyridine rings is 1. The van der Waals surface area contributed by atoms with Crippen molar-refractivity contribution in [2.24, 2.45) is 7.05 Å². The molecule has 28 heavy (non-hydrogen) atoms. The summed E-state index contributed by atoms with van der Waals surface area (Å²) in [6, 6.07) is 20.6. The molecule has 0 aliphatic carbocycles. The molecule has 2 heterocycles. The predicted octanol–water partition coefficient (Wildman–Crippen LogP) is 3.26. The van der Waals surface area contributed by atoms with Crippen molar-refractivity contribution >= 4 is 11.6 Å². The van der Waals surface area contributed by atoms with Gasteiger partial charge in [-0.2, -0.15) is 9.36 Å². The van der Waals surface area contributed by atoms with Crippen LogP contribution in [0.15, 0.2) is 71.5 Å². The molecule has 140 valence electrons. The van der Waals surface area contributed by atoms with Gasteiger partial charge in [-0.05, 0) is 40.3 Å². The Morgan fingerprint density at radius 1 is 0.964 bits per heavy atom. The van der Waals surface area contributed by atoms with E-state index in [0.717, 1.165) is 16.8 Å². The molecule has 0 spiro atoms. The van der Waals surface area contributed by atoms with E-state index in [1.54, 1.807) is 25.2 Å². The SMILES string of the molecule is Cn1nnn(-c2ccccc2OCc2ccc(-c3cccc(Cl)n3)cc2)c1=O. The van der Waals surface area contributed by atoms with Crippen molar-refractivity contribution in [2.75, 3.05) is 0 Å². The average Bonchev–Trinajstić information content (AvgIpc) is 3.05. The summed E-state index contributed by atoms with van der Waals surface area (Å²) in [7, 11) is 1.55. The third kappa shape index (κ3) is 3.65. The Labute approximate surface area is 165 Å². The summed E-state index contributed by atoms with van der Waals surface area (Å²) in [5, 5.41) is 8.07. The van der Waals surface area contributed by atoms with Crippen LogP contribution in [0, 0.1) is 0 Å². The smallest absolute Gasteiger partial charge is 0.368 e. The van der Waals surface area contributed by atoms with Crippen LogP contribution in [0.25, 0.3) is 16.9 Å². The van der Waals surface area contributed by atoms with Gasteiger partial charge in [-0.25, -0.2) is 9.78 Å². The zero-order valence-corrected chi connectivity index (χ0v) is 15.7. The number of hydrogen-bond donors (Lipinski definition) is 0. The van der Waals surface area contributed by atoms with Crippen LogP contribution in [0.5, 0.6) is 5.75 Å². The van der Waals surface area contributed by atoms with E-state index in [1.807, 2.05) is 48.5 Å². The van der Waals surface area contributed by atoms with Crippen LogP contribution in [-0.4, -0.2) is 24.8 Å². The summed E-state index contributed by atoms with van der Waals surface area (Å²) in [6.45, 7) is 0.343. The summed E-state index contributed by atoms with van der Waals surface area (Å²) >= 11 is 5.96. The summed E-state index contributed by atoms with van der Waals surface area (Å²) in [6.07, 6.45) is 0. The van der Waals surface area contributed by atoms with Gasteiger partial charge in [0.2, 0.25) is 0 Å². The van der Waals surface area contributed by atoms with Crippen molar-refractivity contribution in [1.82, 2.24) is 24.8 Å². The number of hydrogen-bond acceptors (Lipinski definition) is 5. The van der Waals surface area contributed by atoms with Gasteiger partial charge in [-0.1, -0.05) is 54.1 Å². The monoisotopic (exact) mass is 393 g/mol. The van der Waals surface area contributed by atoms with Gasteiger partial charge in [0.25, 0.3) is 0 Å². The van der Waals surface area contributed by atoms with Crippen molar-refractivity contribution in [3.63, 3.8) is 0 Å². The number of aromatic nitrogens is 5. The van der Waals surface area contributed by atoms with E-state index in [-0.39, 0.29) is 5.69 Å². The summed E-state index contributed by atoms with van der Waals surface area (Å²) in [5.74, 6) is 0.547. The third-order valence-electron chi connectivity index (χ3n) is 4.17. The molecule has 4 aromatic rings. The van der Waals surface area contributed by atoms with Crippen molar-refractivity contribution in [1.29, 1.82) is 0 Å². The maximum atomic E-state index is 12.1. The number of halogens is 1. The van der Waals surface area contributed by atoms with Gasteiger partial charge >= 0.3 is 5.69 Å². The largest absolute Gasteiger partial charge is 0.487 e. The van der Waals surface area contributed by atoms with Gasteiger partial charge in [-0.15, -0.1) is 0 Å². The van der Waals surface area contributed by atoms with Gasteiger partial charge < -0.3 is 4.74 Å². The lowest BCUT2D eigenvalue weighted by Crippen LogP contribution is -2.22. The van der Waals surface area contributed by atoms with Gasteiger partial charge in [0.15, 0.2) is 0 Å². The first-order valence-electron chi connectivity index (χ1n) is 8.55. The van der Waals surface area contributed by atoms with E-state index < -0.39 is 0 Å². The fourth-order valence-corrected chi connectivity index (χ4v) is 2.88. The Balaban J connectivity index is 1.53. The Morgan fingerprint density at radius 3 is 2.46 bits per heavy atom. The Bertz CT molecular complexity index is 1170. The number of para-hydroxylation sites is 2. The number of nitrogens with zero attached hydrogens (tertiary/aromatic N) is 5. The summed E-state index contributed by atoms with van der Waals surface area (Å²) in [5.41, 5.74) is 2.96. The molecule has 0 aliphatic rings. The maximum absolute atomic E-state index is 12.1. The molecule has 0 saturated heterocycles. The molecule has 0 saturated carbocycles. The van der Waals surface area contributed by atoms with Gasteiger partial charge in [-0.3, -0.25) is 0 Å². The van der Waals surface area contributed by atoms with Crippen molar-refractivity contribution in [3.8, 4) is 22.7 Å². The fourth-order valence-electron chi connectivity index (χ4n) is 2.72. The van der Waals surface area contributed by atoms with Crippen LogP contribution in [0.2, 0.25) is 5.15 Å². The number of tetrazole rings is 1. The second-order valence-corrected chi connectivity index (χ2v) is 6.48. The molecule has 0 fully saturated rings. The fraction of sp³-hybridized carbons (Fsp3) is 0.100. The Hall–Kier alpha value is -3.45. The molecule has 0 N–H and O–H groups in total. The molecule has 0 radical (unpaired) electrons. The minimum Gasteiger partial charge on any atom is -0.487 e. The van der Waals surface area contributed by atoms with Gasteiger partial charge in [0.05, 0.1) is 5.69 Å². The highest BCUT2D eigenvalue weighted by atomic mass is 35.5. The van der Waals surface area contributed by atoms with E-state index in [9.17, 15) is 4.79 Å². The van der Waals surface area contributed by atoms with E-state index in [2.05, 4.69) is 15.4 Å². The van der Waals surface area contributed by atoms with Crippen LogP contribution >= 0.6 is 11.6 Å². The molecular weight excluding hydrogens is 378 g/mol. The van der Waals surface area contributed by atoms with E-state index in [0.29, 0.717) is 23.2 Å². The van der Waals surface area contributed by atoms with E-state index in [1.165, 1.54) is 9.36 Å². The highest BCUT2D eigenvalue weighted by molar-refractivity contribution is 6.29. The van der Waals surface area contributed by atoms with Crippen molar-refractivity contribution < 1.29 is 4.74 Å². The molecule has 0 amide bonds. The van der Waals surface area contributed by atoms with Crippen molar-refractivity contribution in [2.45, 2.75) is 6.61 Å². The first kappa shape index (κ1) is 17.9. The molecule has 0 unspecified atom stereocenters. The molecular formula is C20H16ClN5O2. The number of benzene rings is 2. The quantitative estimate of drug-likeness (QED) is 0.486. The predicted molar refractivity (Wildman–Crippen MR) is 106 cm³/mol. The first-order valence-corrected chi connectivity index (χ1v) is 8.93. The zero-order chi connectivity index (χ0) is 19.5. The lowest BCUT2D eigenvalue weighted by Gasteiger charge is -2.11. The average molecular weight is 394 g/mol. The normalized spacial score (nSPS) is 10.8. The highest BCUT2D eigenvalue weighted by Gasteiger charge is 2.11. The summed E-state index contributed by atoms with van der Waals surface area (Å²) in [4.78, 5) is 16.4. The summed E-state index contributed by atoms with van der Waals surface area (Å²) < 4.78 is 8.31.